The van der Waals surface area contributed by atoms with Crippen LogP contribution in [-0.2, 0) is 6.54 Å². The number of nitrogens with zero attached hydrogens (tertiary/aromatic N) is 1. The van der Waals surface area contributed by atoms with Crippen LogP contribution in [0.2, 0.25) is 0 Å². The fourth-order valence-corrected chi connectivity index (χ4v) is 2.95. The van der Waals surface area contributed by atoms with Crippen molar-refractivity contribution < 1.29 is 4.39 Å². The topological polar surface area (TPSA) is 15.3 Å². The molecule has 1 fully saturated rings. The number of hydrogen-bond donors (Lipinski definition) is 1. The predicted molar refractivity (Wildman–Crippen MR) is 83.6 cm³/mol. The van der Waals surface area contributed by atoms with E-state index >= 15 is 0 Å². The van der Waals surface area contributed by atoms with Gasteiger partial charge < -0.3 is 10.2 Å². The smallest absolute Gasteiger partial charge is 0.146 e. The lowest BCUT2D eigenvalue weighted by atomic mass is 10.0. The quantitative estimate of drug-likeness (QED) is 0.877. The first kappa shape index (κ1) is 15.3. The highest BCUT2D eigenvalue weighted by Crippen LogP contribution is 2.30. The van der Waals surface area contributed by atoms with E-state index in [1.54, 1.807) is 6.07 Å². The summed E-state index contributed by atoms with van der Waals surface area (Å²) in [5.41, 5.74) is 1.90. The minimum Gasteiger partial charge on any atom is -0.366 e. The van der Waals surface area contributed by atoms with E-state index < -0.39 is 0 Å². The first-order valence-electron chi connectivity index (χ1n) is 7.84. The maximum absolute atomic E-state index is 14.3. The van der Waals surface area contributed by atoms with E-state index in [0.29, 0.717) is 12.0 Å². The summed E-state index contributed by atoms with van der Waals surface area (Å²) in [7, 11) is 0. The van der Waals surface area contributed by atoms with Gasteiger partial charge in [-0.2, -0.15) is 0 Å². The molecule has 1 aromatic carbocycles. The fraction of sp³-hybridized carbons (Fsp3) is 0.647. The molecule has 0 saturated carbocycles. The Balaban J connectivity index is 2.17. The van der Waals surface area contributed by atoms with Gasteiger partial charge in [0, 0.05) is 19.1 Å². The third-order valence-electron chi connectivity index (χ3n) is 4.03. The molecule has 1 aliphatic rings. The van der Waals surface area contributed by atoms with Gasteiger partial charge >= 0.3 is 0 Å². The average Bonchev–Trinajstić information content (AvgIpc) is 2.40. The molecule has 3 heteroatoms. The number of para-hydroxylation sites is 1. The molecule has 1 atom stereocenters. The van der Waals surface area contributed by atoms with Crippen molar-refractivity contribution in [3.8, 4) is 0 Å². The Kier molecular flexibility index (Phi) is 5.41. The van der Waals surface area contributed by atoms with Gasteiger partial charge in [0.25, 0.3) is 0 Å². The van der Waals surface area contributed by atoms with Crippen LogP contribution in [0.25, 0.3) is 0 Å². The van der Waals surface area contributed by atoms with Crippen LogP contribution in [0, 0.1) is 11.7 Å². The van der Waals surface area contributed by atoms with Crippen molar-refractivity contribution in [2.45, 2.75) is 52.6 Å². The summed E-state index contributed by atoms with van der Waals surface area (Å²) in [6.45, 7) is 9.26. The first-order chi connectivity index (χ1) is 9.59. The van der Waals surface area contributed by atoms with Crippen molar-refractivity contribution in [2.24, 2.45) is 5.92 Å². The number of piperidine rings is 1. The second-order valence-electron chi connectivity index (χ2n) is 6.31. The Hall–Kier alpha value is -1.09. The van der Waals surface area contributed by atoms with Crippen LogP contribution >= 0.6 is 0 Å². The molecule has 0 bridgehead atoms. The summed E-state index contributed by atoms with van der Waals surface area (Å²) in [5, 5.41) is 3.43. The Morgan fingerprint density at radius 1 is 1.35 bits per heavy atom. The zero-order chi connectivity index (χ0) is 14.5. The molecular weight excluding hydrogens is 251 g/mol. The van der Waals surface area contributed by atoms with Crippen molar-refractivity contribution in [3.63, 3.8) is 0 Å². The molecule has 0 spiro atoms. The van der Waals surface area contributed by atoms with E-state index in [4.69, 9.17) is 0 Å². The van der Waals surface area contributed by atoms with Crippen LogP contribution in [0.4, 0.5) is 10.1 Å². The average molecular weight is 278 g/mol. The molecule has 1 aromatic rings. The second kappa shape index (κ2) is 7.07. The van der Waals surface area contributed by atoms with Crippen LogP contribution in [0.5, 0.6) is 0 Å². The Morgan fingerprint density at radius 3 is 2.85 bits per heavy atom. The van der Waals surface area contributed by atoms with E-state index in [1.807, 2.05) is 12.1 Å². The molecule has 1 saturated heterocycles. The number of rotatable bonds is 5. The maximum atomic E-state index is 14.3. The standard InChI is InChI=1S/C17H27FN2/c1-13(2)11-19-12-15-8-6-9-16(18)17(15)20-10-5-4-7-14(20)3/h6,8-9,13-14,19H,4-5,7,10-12H2,1-3H3. The molecular formula is C17H27FN2. The van der Waals surface area contributed by atoms with E-state index in [0.717, 1.165) is 43.7 Å². The van der Waals surface area contributed by atoms with E-state index in [1.165, 1.54) is 6.42 Å². The molecule has 0 aliphatic carbocycles. The Morgan fingerprint density at radius 2 is 2.15 bits per heavy atom. The molecule has 112 valence electrons. The van der Waals surface area contributed by atoms with Gasteiger partial charge in [0.2, 0.25) is 0 Å². The minimum absolute atomic E-state index is 0.0809. The van der Waals surface area contributed by atoms with Gasteiger partial charge in [-0.1, -0.05) is 26.0 Å². The molecule has 1 unspecified atom stereocenters. The largest absolute Gasteiger partial charge is 0.366 e. The van der Waals surface area contributed by atoms with Crippen molar-refractivity contribution >= 4 is 5.69 Å². The summed E-state index contributed by atoms with van der Waals surface area (Å²) >= 11 is 0. The van der Waals surface area contributed by atoms with Crippen molar-refractivity contribution in [1.82, 2.24) is 5.32 Å². The van der Waals surface area contributed by atoms with E-state index in [2.05, 4.69) is 31.0 Å². The van der Waals surface area contributed by atoms with Crippen LogP contribution in [0.3, 0.4) is 0 Å². The number of halogens is 1. The first-order valence-corrected chi connectivity index (χ1v) is 7.84. The van der Waals surface area contributed by atoms with E-state index in [9.17, 15) is 4.39 Å². The van der Waals surface area contributed by atoms with E-state index in [-0.39, 0.29) is 5.82 Å². The van der Waals surface area contributed by atoms with Crippen LogP contribution < -0.4 is 10.2 Å². The normalized spacial score (nSPS) is 19.6. The van der Waals surface area contributed by atoms with Gasteiger partial charge in [0.15, 0.2) is 0 Å². The van der Waals surface area contributed by atoms with Crippen LogP contribution in [-0.4, -0.2) is 19.1 Å². The van der Waals surface area contributed by atoms with Crippen LogP contribution in [0.15, 0.2) is 18.2 Å². The van der Waals surface area contributed by atoms with Crippen molar-refractivity contribution in [1.29, 1.82) is 0 Å². The molecule has 0 amide bonds. The highest BCUT2D eigenvalue weighted by molar-refractivity contribution is 5.56. The fourth-order valence-electron chi connectivity index (χ4n) is 2.95. The lowest BCUT2D eigenvalue weighted by Gasteiger charge is -2.37. The van der Waals surface area contributed by atoms with Gasteiger partial charge in [-0.3, -0.25) is 0 Å². The summed E-state index contributed by atoms with van der Waals surface area (Å²) in [6.07, 6.45) is 3.58. The monoisotopic (exact) mass is 278 g/mol. The summed E-state index contributed by atoms with van der Waals surface area (Å²) in [4.78, 5) is 2.26. The highest BCUT2D eigenvalue weighted by Gasteiger charge is 2.23. The number of benzene rings is 1. The zero-order valence-corrected chi connectivity index (χ0v) is 13.0. The number of hydrogen-bond acceptors (Lipinski definition) is 2. The molecule has 20 heavy (non-hydrogen) atoms. The Bertz CT molecular complexity index is 431. The van der Waals surface area contributed by atoms with Gasteiger partial charge in [0.05, 0.1) is 5.69 Å². The molecule has 2 rings (SSSR count). The SMILES string of the molecule is CC(C)CNCc1cccc(F)c1N1CCCCC1C. The van der Waals surface area contributed by atoms with Gasteiger partial charge in [0.1, 0.15) is 5.82 Å². The molecule has 1 N–H and O–H groups in total. The molecule has 0 aromatic heterocycles. The Labute approximate surface area is 122 Å². The predicted octanol–water partition coefficient (Wildman–Crippen LogP) is 3.95. The molecule has 1 heterocycles. The van der Waals surface area contributed by atoms with Crippen molar-refractivity contribution in [3.05, 3.63) is 29.6 Å². The highest BCUT2D eigenvalue weighted by atomic mass is 19.1. The minimum atomic E-state index is -0.0809. The van der Waals surface area contributed by atoms with Gasteiger partial charge in [-0.15, -0.1) is 0 Å². The summed E-state index contributed by atoms with van der Waals surface area (Å²) < 4.78 is 14.3. The number of anilines is 1. The van der Waals surface area contributed by atoms with Gasteiger partial charge in [-0.25, -0.2) is 4.39 Å². The third kappa shape index (κ3) is 3.72. The third-order valence-corrected chi connectivity index (χ3v) is 4.03. The number of nitrogens with one attached hydrogen (secondary N) is 1. The molecule has 2 nitrogen and oxygen atoms in total. The summed E-state index contributed by atoms with van der Waals surface area (Å²) in [5.74, 6) is 0.531. The van der Waals surface area contributed by atoms with Crippen LogP contribution in [0.1, 0.15) is 45.6 Å². The maximum Gasteiger partial charge on any atom is 0.146 e. The lowest BCUT2D eigenvalue weighted by Crippen LogP contribution is -2.39. The molecule has 1 aliphatic heterocycles. The zero-order valence-electron chi connectivity index (χ0n) is 13.0. The summed E-state index contributed by atoms with van der Waals surface area (Å²) in [6, 6.07) is 5.89. The molecule has 0 radical (unpaired) electrons. The lowest BCUT2D eigenvalue weighted by molar-refractivity contribution is 0.472. The van der Waals surface area contributed by atoms with Crippen molar-refractivity contribution in [2.75, 3.05) is 18.0 Å². The van der Waals surface area contributed by atoms with Gasteiger partial charge in [-0.05, 0) is 50.3 Å². The second-order valence-corrected chi connectivity index (χ2v) is 6.31.